The maximum absolute atomic E-state index is 13.4. The Labute approximate surface area is 196 Å². The fourth-order valence-corrected chi connectivity index (χ4v) is 4.01. The van der Waals surface area contributed by atoms with Crippen LogP contribution in [0.3, 0.4) is 0 Å². The minimum atomic E-state index is -3.91. The molecule has 34 heavy (non-hydrogen) atoms. The van der Waals surface area contributed by atoms with Crippen molar-refractivity contribution in [1.29, 1.82) is 0 Å². The van der Waals surface area contributed by atoms with Gasteiger partial charge in [0, 0.05) is 29.2 Å². The van der Waals surface area contributed by atoms with Crippen molar-refractivity contribution in [3.63, 3.8) is 0 Å². The van der Waals surface area contributed by atoms with Crippen molar-refractivity contribution in [1.82, 2.24) is 5.32 Å². The lowest BCUT2D eigenvalue weighted by molar-refractivity contribution is 0.102. The second-order valence-electron chi connectivity index (χ2n) is 7.25. The predicted octanol–water partition coefficient (Wildman–Crippen LogP) is 4.49. The predicted molar refractivity (Wildman–Crippen MR) is 130 cm³/mol. The number of rotatable bonds is 8. The van der Waals surface area contributed by atoms with Gasteiger partial charge in [0.2, 0.25) is 0 Å². The van der Waals surface area contributed by atoms with Crippen molar-refractivity contribution in [3.05, 3.63) is 96.3 Å². The van der Waals surface area contributed by atoms with Gasteiger partial charge < -0.3 is 16.0 Å². The number of carbonyl (C=O) groups is 2. The van der Waals surface area contributed by atoms with E-state index >= 15 is 0 Å². The van der Waals surface area contributed by atoms with Gasteiger partial charge in [-0.1, -0.05) is 6.08 Å². The fourth-order valence-electron chi connectivity index (χ4n) is 2.87. The molecule has 0 radical (unpaired) electrons. The second-order valence-corrected chi connectivity index (χ2v) is 8.93. The number of aryl methyl sites for hydroxylation is 1. The summed E-state index contributed by atoms with van der Waals surface area (Å²) in [6.45, 7) is 5.34. The van der Waals surface area contributed by atoms with Crippen LogP contribution in [0.5, 0.6) is 0 Å². The van der Waals surface area contributed by atoms with Crippen molar-refractivity contribution >= 4 is 39.0 Å². The van der Waals surface area contributed by atoms with Crippen LogP contribution >= 0.6 is 0 Å². The van der Waals surface area contributed by atoms with Gasteiger partial charge in [-0.05, 0) is 79.2 Å². The first-order valence-electron chi connectivity index (χ1n) is 10.1. The Bertz CT molecular complexity index is 1310. The molecule has 0 heterocycles. The van der Waals surface area contributed by atoms with E-state index in [0.29, 0.717) is 23.5 Å². The number of benzene rings is 3. The molecule has 0 saturated heterocycles. The summed E-state index contributed by atoms with van der Waals surface area (Å²) in [6, 6.07) is 15.6. The van der Waals surface area contributed by atoms with Gasteiger partial charge in [0.15, 0.2) is 0 Å². The minimum absolute atomic E-state index is 0.0654. The van der Waals surface area contributed by atoms with Crippen molar-refractivity contribution in [2.24, 2.45) is 0 Å². The number of urea groups is 1. The summed E-state index contributed by atoms with van der Waals surface area (Å²) in [5, 5.41) is 7.96. The minimum Gasteiger partial charge on any atom is -0.334 e. The molecule has 0 saturated carbocycles. The number of amides is 3. The number of sulfonamides is 1. The average Bonchev–Trinajstić information content (AvgIpc) is 2.81. The molecule has 8 nitrogen and oxygen atoms in total. The lowest BCUT2D eigenvalue weighted by Crippen LogP contribution is -2.28. The molecular formula is C24H23FN4O4S. The Balaban J connectivity index is 1.61. The molecule has 0 atom stereocenters. The monoisotopic (exact) mass is 482 g/mol. The van der Waals surface area contributed by atoms with E-state index < -0.39 is 21.7 Å². The Kier molecular flexibility index (Phi) is 7.64. The van der Waals surface area contributed by atoms with Crippen molar-refractivity contribution in [2.75, 3.05) is 21.9 Å². The Hall–Kier alpha value is -4.18. The molecule has 3 aromatic carbocycles. The van der Waals surface area contributed by atoms with Gasteiger partial charge in [-0.2, -0.15) is 0 Å². The Morgan fingerprint density at radius 2 is 1.50 bits per heavy atom. The molecule has 0 unspecified atom stereocenters. The molecule has 0 aliphatic rings. The quantitative estimate of drug-likeness (QED) is 0.354. The van der Waals surface area contributed by atoms with Crippen LogP contribution in [0.4, 0.5) is 26.2 Å². The first kappa shape index (κ1) is 24.5. The van der Waals surface area contributed by atoms with Crippen LogP contribution in [0, 0.1) is 12.7 Å². The highest BCUT2D eigenvalue weighted by molar-refractivity contribution is 7.92. The van der Waals surface area contributed by atoms with E-state index in [0.717, 1.165) is 6.07 Å². The van der Waals surface area contributed by atoms with E-state index in [4.69, 9.17) is 0 Å². The lowest BCUT2D eigenvalue weighted by Gasteiger charge is -2.10. The van der Waals surface area contributed by atoms with Crippen LogP contribution in [-0.2, 0) is 10.0 Å². The number of halogens is 1. The molecule has 3 rings (SSSR count). The number of hydrogen-bond donors (Lipinski definition) is 4. The van der Waals surface area contributed by atoms with Crippen LogP contribution in [0.25, 0.3) is 0 Å². The molecule has 4 N–H and O–H groups in total. The Morgan fingerprint density at radius 3 is 2.09 bits per heavy atom. The summed E-state index contributed by atoms with van der Waals surface area (Å²) in [4.78, 5) is 24.1. The van der Waals surface area contributed by atoms with E-state index in [-0.39, 0.29) is 22.2 Å². The third-order valence-electron chi connectivity index (χ3n) is 4.65. The summed E-state index contributed by atoms with van der Waals surface area (Å²) in [6.07, 6.45) is 1.56. The second kappa shape index (κ2) is 10.6. The Morgan fingerprint density at radius 1 is 0.912 bits per heavy atom. The topological polar surface area (TPSA) is 116 Å². The average molecular weight is 483 g/mol. The number of anilines is 3. The molecule has 0 aliphatic carbocycles. The van der Waals surface area contributed by atoms with Crippen molar-refractivity contribution < 1.29 is 22.4 Å². The molecule has 3 aromatic rings. The SMILES string of the molecule is C=CCNC(=O)Nc1ccc(NC(=O)c2ccc(NS(=O)(=O)c3ccc(F)c(C)c3)cc2)cc1. The largest absolute Gasteiger partial charge is 0.334 e. The van der Waals surface area contributed by atoms with E-state index in [1.54, 1.807) is 30.3 Å². The van der Waals surface area contributed by atoms with E-state index in [1.165, 1.54) is 43.3 Å². The molecule has 0 bridgehead atoms. The van der Waals surface area contributed by atoms with Crippen LogP contribution in [0.1, 0.15) is 15.9 Å². The van der Waals surface area contributed by atoms with Gasteiger partial charge in [0.1, 0.15) is 5.82 Å². The summed E-state index contributed by atoms with van der Waals surface area (Å²) in [7, 11) is -3.91. The highest BCUT2D eigenvalue weighted by Crippen LogP contribution is 2.20. The third kappa shape index (κ3) is 6.42. The number of carbonyl (C=O) groups excluding carboxylic acids is 2. The van der Waals surface area contributed by atoms with Gasteiger partial charge in [-0.3, -0.25) is 9.52 Å². The normalized spacial score (nSPS) is 10.8. The molecule has 0 fully saturated rings. The van der Waals surface area contributed by atoms with Gasteiger partial charge in [0.05, 0.1) is 4.90 Å². The molecular weight excluding hydrogens is 459 g/mol. The highest BCUT2D eigenvalue weighted by atomic mass is 32.2. The fraction of sp³-hybridized carbons (Fsp3) is 0.0833. The van der Waals surface area contributed by atoms with E-state index in [9.17, 15) is 22.4 Å². The first-order chi connectivity index (χ1) is 16.2. The summed E-state index contributed by atoms with van der Waals surface area (Å²) < 4.78 is 40.9. The summed E-state index contributed by atoms with van der Waals surface area (Å²) in [5.41, 5.74) is 1.84. The molecule has 0 aliphatic heterocycles. The molecule has 10 heteroatoms. The van der Waals surface area contributed by atoms with Gasteiger partial charge in [-0.15, -0.1) is 6.58 Å². The van der Waals surface area contributed by atoms with Gasteiger partial charge in [-0.25, -0.2) is 17.6 Å². The number of nitrogens with one attached hydrogen (secondary N) is 4. The molecule has 0 spiro atoms. The van der Waals surface area contributed by atoms with Crippen LogP contribution in [-0.4, -0.2) is 26.9 Å². The maximum atomic E-state index is 13.4. The highest BCUT2D eigenvalue weighted by Gasteiger charge is 2.16. The first-order valence-corrected chi connectivity index (χ1v) is 11.6. The van der Waals surface area contributed by atoms with Crippen LogP contribution in [0.15, 0.2) is 84.3 Å². The van der Waals surface area contributed by atoms with Crippen LogP contribution < -0.4 is 20.7 Å². The maximum Gasteiger partial charge on any atom is 0.319 e. The zero-order chi connectivity index (χ0) is 24.7. The van der Waals surface area contributed by atoms with Crippen LogP contribution in [0.2, 0.25) is 0 Å². The lowest BCUT2D eigenvalue weighted by atomic mass is 10.2. The van der Waals surface area contributed by atoms with Gasteiger partial charge in [0.25, 0.3) is 15.9 Å². The third-order valence-corrected chi connectivity index (χ3v) is 6.03. The van der Waals surface area contributed by atoms with E-state index in [1.807, 2.05) is 0 Å². The summed E-state index contributed by atoms with van der Waals surface area (Å²) >= 11 is 0. The smallest absolute Gasteiger partial charge is 0.319 e. The zero-order valence-electron chi connectivity index (χ0n) is 18.3. The standard InChI is InChI=1S/C24H23FN4O4S/c1-3-14-26-24(31)28-19-10-8-18(9-11-19)27-23(30)17-4-6-20(7-5-17)29-34(32,33)21-12-13-22(25)16(2)15-21/h3-13,15,29H,1,14H2,2H3,(H,27,30)(H2,26,28,31). The van der Waals surface area contributed by atoms with Gasteiger partial charge >= 0.3 is 6.03 Å². The summed E-state index contributed by atoms with van der Waals surface area (Å²) in [5.74, 6) is -0.887. The zero-order valence-corrected chi connectivity index (χ0v) is 19.1. The molecule has 0 aromatic heterocycles. The number of hydrogen-bond acceptors (Lipinski definition) is 4. The van der Waals surface area contributed by atoms with Crippen molar-refractivity contribution in [3.8, 4) is 0 Å². The van der Waals surface area contributed by atoms with Crippen molar-refractivity contribution in [2.45, 2.75) is 11.8 Å². The molecule has 176 valence electrons. The molecule has 3 amide bonds. The van der Waals surface area contributed by atoms with E-state index in [2.05, 4.69) is 27.3 Å².